The zero-order valence-corrected chi connectivity index (χ0v) is 11.6. The zero-order valence-electron chi connectivity index (χ0n) is 9.95. The lowest BCUT2D eigenvalue weighted by Gasteiger charge is -2.15. The van der Waals surface area contributed by atoms with Crippen molar-refractivity contribution in [2.45, 2.75) is 19.9 Å². The van der Waals surface area contributed by atoms with E-state index >= 15 is 0 Å². The van der Waals surface area contributed by atoms with Crippen LogP contribution in [0.5, 0.6) is 0 Å². The molecule has 0 aliphatic rings. The molecule has 5 heteroatoms. The Balaban J connectivity index is 0.00000225. The highest BCUT2D eigenvalue weighted by atomic mass is 35.5. The van der Waals surface area contributed by atoms with Crippen molar-refractivity contribution in [1.29, 1.82) is 0 Å². The van der Waals surface area contributed by atoms with Crippen LogP contribution in [0.4, 0.5) is 0 Å². The molecule has 1 rings (SSSR count). The highest BCUT2D eigenvalue weighted by molar-refractivity contribution is 7.11. The van der Waals surface area contributed by atoms with Gasteiger partial charge in [-0.2, -0.15) is 0 Å². The molecule has 16 heavy (non-hydrogen) atoms. The van der Waals surface area contributed by atoms with Gasteiger partial charge in [-0.05, 0) is 26.1 Å². The van der Waals surface area contributed by atoms with E-state index in [0.717, 1.165) is 13.1 Å². The first-order chi connectivity index (χ1) is 7.13. The molecule has 1 N–H and O–H groups in total. The summed E-state index contributed by atoms with van der Waals surface area (Å²) >= 11 is 1.75. The van der Waals surface area contributed by atoms with Gasteiger partial charge >= 0.3 is 0 Å². The maximum Gasteiger partial charge on any atom is 0.223 e. The van der Waals surface area contributed by atoms with Crippen LogP contribution >= 0.6 is 23.7 Å². The minimum Gasteiger partial charge on any atom is -0.341 e. The molecule has 1 amide bonds. The molecule has 1 aromatic heterocycles. The second-order valence-corrected chi connectivity index (χ2v) is 4.99. The summed E-state index contributed by atoms with van der Waals surface area (Å²) in [5.74, 6) is 0.190. The van der Waals surface area contributed by atoms with E-state index in [1.54, 1.807) is 16.2 Å². The molecule has 0 saturated carbocycles. The van der Waals surface area contributed by atoms with Crippen molar-refractivity contribution in [1.82, 2.24) is 10.2 Å². The number of aryl methyl sites for hydroxylation is 1. The van der Waals surface area contributed by atoms with E-state index in [1.807, 2.05) is 14.1 Å². The summed E-state index contributed by atoms with van der Waals surface area (Å²) in [7, 11) is 3.71. The number of nitrogens with zero attached hydrogens (tertiary/aromatic N) is 1. The van der Waals surface area contributed by atoms with Crippen LogP contribution in [0.3, 0.4) is 0 Å². The number of thiophene rings is 1. The van der Waals surface area contributed by atoms with Crippen LogP contribution in [0.15, 0.2) is 12.1 Å². The van der Waals surface area contributed by atoms with Gasteiger partial charge in [0.15, 0.2) is 0 Å². The Hall–Kier alpha value is -0.580. The van der Waals surface area contributed by atoms with E-state index < -0.39 is 0 Å². The molecule has 3 nitrogen and oxygen atoms in total. The molecule has 0 radical (unpaired) electrons. The molecule has 1 heterocycles. The fourth-order valence-corrected chi connectivity index (χ4v) is 2.26. The summed E-state index contributed by atoms with van der Waals surface area (Å²) < 4.78 is 0. The Morgan fingerprint density at radius 1 is 1.50 bits per heavy atom. The van der Waals surface area contributed by atoms with Gasteiger partial charge in [0.25, 0.3) is 0 Å². The molecule has 0 aliphatic carbocycles. The third-order valence-corrected chi connectivity index (χ3v) is 3.19. The van der Waals surface area contributed by atoms with Crippen LogP contribution in [-0.2, 0) is 11.3 Å². The van der Waals surface area contributed by atoms with Gasteiger partial charge in [0.2, 0.25) is 5.91 Å². The summed E-state index contributed by atoms with van der Waals surface area (Å²) in [4.78, 5) is 15.9. The van der Waals surface area contributed by atoms with E-state index in [2.05, 4.69) is 24.4 Å². The van der Waals surface area contributed by atoms with Crippen LogP contribution in [-0.4, -0.2) is 31.4 Å². The first-order valence-electron chi connectivity index (χ1n) is 5.07. The van der Waals surface area contributed by atoms with E-state index in [0.29, 0.717) is 6.42 Å². The molecular formula is C11H19ClN2OS. The van der Waals surface area contributed by atoms with Crippen LogP contribution in [0.2, 0.25) is 0 Å². The Labute approximate surface area is 107 Å². The minimum absolute atomic E-state index is 0. The van der Waals surface area contributed by atoms with Crippen LogP contribution in [0.25, 0.3) is 0 Å². The first kappa shape index (κ1) is 15.4. The summed E-state index contributed by atoms with van der Waals surface area (Å²) in [6, 6.07) is 4.17. The van der Waals surface area contributed by atoms with Gasteiger partial charge in [-0.3, -0.25) is 4.79 Å². The zero-order chi connectivity index (χ0) is 11.3. The number of nitrogens with one attached hydrogen (secondary N) is 1. The Bertz CT molecular complexity index is 328. The van der Waals surface area contributed by atoms with Crippen molar-refractivity contribution >= 4 is 29.7 Å². The summed E-state index contributed by atoms with van der Waals surface area (Å²) in [5.41, 5.74) is 0. The summed E-state index contributed by atoms with van der Waals surface area (Å²) in [5, 5.41) is 2.98. The molecule has 0 aliphatic heterocycles. The Kier molecular flexibility index (Phi) is 7.38. The van der Waals surface area contributed by atoms with Gasteiger partial charge in [0.1, 0.15) is 0 Å². The standard InChI is InChI=1S/C11H18N2OS.ClH/c1-9-4-5-10(15-9)8-13(3)11(14)6-7-12-2;/h4-5,12H,6-8H2,1-3H3;1H. The number of halogens is 1. The van der Waals surface area contributed by atoms with Gasteiger partial charge in [-0.1, -0.05) is 0 Å². The maximum absolute atomic E-state index is 11.6. The van der Waals surface area contributed by atoms with E-state index in [1.165, 1.54) is 9.75 Å². The number of rotatable bonds is 5. The quantitative estimate of drug-likeness (QED) is 0.881. The Morgan fingerprint density at radius 2 is 2.19 bits per heavy atom. The van der Waals surface area contributed by atoms with Gasteiger partial charge in [0, 0.05) is 29.8 Å². The summed E-state index contributed by atoms with van der Waals surface area (Å²) in [6.07, 6.45) is 0.567. The molecule has 0 unspecified atom stereocenters. The summed E-state index contributed by atoms with van der Waals surface area (Å²) in [6.45, 7) is 3.55. The van der Waals surface area contributed by atoms with Gasteiger partial charge in [-0.15, -0.1) is 23.7 Å². The number of hydrogen-bond donors (Lipinski definition) is 1. The van der Waals surface area contributed by atoms with Crippen molar-refractivity contribution in [2.75, 3.05) is 20.6 Å². The molecule has 92 valence electrons. The highest BCUT2D eigenvalue weighted by Gasteiger charge is 2.09. The minimum atomic E-state index is 0. The highest BCUT2D eigenvalue weighted by Crippen LogP contribution is 2.16. The second-order valence-electron chi connectivity index (χ2n) is 3.62. The van der Waals surface area contributed by atoms with Crippen LogP contribution in [0.1, 0.15) is 16.2 Å². The lowest BCUT2D eigenvalue weighted by Crippen LogP contribution is -2.28. The molecule has 0 spiro atoms. The smallest absolute Gasteiger partial charge is 0.223 e. The fraction of sp³-hybridized carbons (Fsp3) is 0.545. The number of amides is 1. The lowest BCUT2D eigenvalue weighted by molar-refractivity contribution is -0.130. The van der Waals surface area contributed by atoms with E-state index in [-0.39, 0.29) is 18.3 Å². The van der Waals surface area contributed by atoms with Gasteiger partial charge in [-0.25, -0.2) is 0 Å². The Morgan fingerprint density at radius 3 is 2.69 bits per heavy atom. The molecular weight excluding hydrogens is 244 g/mol. The van der Waals surface area contributed by atoms with E-state index in [4.69, 9.17) is 0 Å². The third-order valence-electron chi connectivity index (χ3n) is 2.20. The van der Waals surface area contributed by atoms with Gasteiger partial charge < -0.3 is 10.2 Å². The monoisotopic (exact) mass is 262 g/mol. The number of carbonyl (C=O) groups excluding carboxylic acids is 1. The van der Waals surface area contributed by atoms with E-state index in [9.17, 15) is 4.79 Å². The third kappa shape index (κ3) is 4.96. The molecule has 0 bridgehead atoms. The predicted octanol–water partition coefficient (Wildman–Crippen LogP) is 2.05. The topological polar surface area (TPSA) is 32.3 Å². The normalized spacial score (nSPS) is 9.69. The largest absolute Gasteiger partial charge is 0.341 e. The molecule has 1 aromatic rings. The molecule has 0 fully saturated rings. The molecule has 0 atom stereocenters. The molecule has 0 aromatic carbocycles. The van der Waals surface area contributed by atoms with Crippen molar-refractivity contribution in [3.63, 3.8) is 0 Å². The molecule has 0 saturated heterocycles. The number of carbonyl (C=O) groups is 1. The lowest BCUT2D eigenvalue weighted by atomic mass is 10.3. The van der Waals surface area contributed by atoms with Crippen molar-refractivity contribution in [2.24, 2.45) is 0 Å². The second kappa shape index (κ2) is 7.65. The average Bonchev–Trinajstić information content (AvgIpc) is 2.60. The number of hydrogen-bond acceptors (Lipinski definition) is 3. The van der Waals surface area contributed by atoms with Crippen molar-refractivity contribution in [3.8, 4) is 0 Å². The predicted molar refractivity (Wildman–Crippen MR) is 71.3 cm³/mol. The van der Waals surface area contributed by atoms with Crippen LogP contribution < -0.4 is 5.32 Å². The van der Waals surface area contributed by atoms with Gasteiger partial charge in [0.05, 0.1) is 6.54 Å². The van der Waals surface area contributed by atoms with Crippen molar-refractivity contribution < 1.29 is 4.79 Å². The van der Waals surface area contributed by atoms with Crippen molar-refractivity contribution in [3.05, 3.63) is 21.9 Å². The SMILES string of the molecule is CNCCC(=O)N(C)Cc1ccc(C)s1.Cl. The van der Waals surface area contributed by atoms with Crippen LogP contribution in [0, 0.1) is 6.92 Å². The average molecular weight is 263 g/mol. The fourth-order valence-electron chi connectivity index (χ4n) is 1.31. The maximum atomic E-state index is 11.6. The first-order valence-corrected chi connectivity index (χ1v) is 5.89.